The van der Waals surface area contributed by atoms with E-state index < -0.39 is 0 Å². The Morgan fingerprint density at radius 1 is 1.06 bits per heavy atom. The lowest BCUT2D eigenvalue weighted by molar-refractivity contribution is 0.0989. The molecule has 2 aromatic rings. The van der Waals surface area contributed by atoms with E-state index in [-0.39, 0.29) is 11.6 Å². The summed E-state index contributed by atoms with van der Waals surface area (Å²) >= 11 is 1.34. The molecule has 1 heterocycles. The summed E-state index contributed by atoms with van der Waals surface area (Å²) < 4.78 is 13.7. The number of Topliss-reactive ketones (excluding diaryl/α,β-unsaturated/α-hetero) is 1. The minimum Gasteiger partial charge on any atom is -0.294 e. The van der Waals surface area contributed by atoms with Crippen LogP contribution in [0.5, 0.6) is 0 Å². The topological polar surface area (TPSA) is 17.1 Å². The maximum absolute atomic E-state index is 13.7. The molecule has 0 aliphatic carbocycles. The van der Waals surface area contributed by atoms with Gasteiger partial charge in [0.05, 0.1) is 4.90 Å². The van der Waals surface area contributed by atoms with Crippen molar-refractivity contribution in [3.8, 4) is 0 Å². The average Bonchev–Trinajstić information content (AvgIpc) is 2.47. The highest BCUT2D eigenvalue weighted by Crippen LogP contribution is 2.38. The monoisotopic (exact) mass is 244 g/mol. The molecule has 2 aromatic carbocycles. The van der Waals surface area contributed by atoms with E-state index in [9.17, 15) is 9.18 Å². The van der Waals surface area contributed by atoms with E-state index in [2.05, 4.69) is 0 Å². The maximum Gasteiger partial charge on any atom is 0.168 e. The summed E-state index contributed by atoms with van der Waals surface area (Å²) in [5.74, 6) is -0.338. The number of carbonyl (C=O) groups excluding carboxylic acids is 1. The second-order valence-corrected chi connectivity index (χ2v) is 4.98. The van der Waals surface area contributed by atoms with Gasteiger partial charge >= 0.3 is 0 Å². The Kier molecular flexibility index (Phi) is 2.48. The number of hydrogen-bond acceptors (Lipinski definition) is 2. The molecule has 0 spiro atoms. The molecule has 3 heteroatoms. The number of carbonyl (C=O) groups is 1. The third-order valence-corrected chi connectivity index (χ3v) is 4.04. The van der Waals surface area contributed by atoms with E-state index in [1.165, 1.54) is 17.8 Å². The molecule has 1 nitrogen and oxygen atoms in total. The van der Waals surface area contributed by atoms with E-state index in [1.54, 1.807) is 12.1 Å². The molecule has 0 fully saturated rings. The molecule has 0 radical (unpaired) electrons. The molecular weight excluding hydrogens is 235 g/mol. The van der Waals surface area contributed by atoms with Crippen molar-refractivity contribution in [3.63, 3.8) is 0 Å². The van der Waals surface area contributed by atoms with E-state index in [0.29, 0.717) is 16.9 Å². The molecule has 0 aromatic heterocycles. The van der Waals surface area contributed by atoms with Gasteiger partial charge < -0.3 is 0 Å². The van der Waals surface area contributed by atoms with Crippen molar-refractivity contribution in [1.29, 1.82) is 0 Å². The highest BCUT2D eigenvalue weighted by Gasteiger charge is 2.22. The average molecular weight is 244 g/mol. The van der Waals surface area contributed by atoms with Gasteiger partial charge in [0.2, 0.25) is 0 Å². The van der Waals surface area contributed by atoms with Gasteiger partial charge in [0, 0.05) is 16.9 Å². The predicted octanol–water partition coefficient (Wildman–Crippen LogP) is 3.72. The third-order valence-electron chi connectivity index (χ3n) is 2.80. The van der Waals surface area contributed by atoms with Gasteiger partial charge in [0.15, 0.2) is 5.78 Å². The Balaban J connectivity index is 2.22. The highest BCUT2D eigenvalue weighted by molar-refractivity contribution is 7.99. The third kappa shape index (κ3) is 1.76. The predicted molar refractivity (Wildman–Crippen MR) is 65.0 cm³/mol. The fourth-order valence-corrected chi connectivity index (χ4v) is 3.05. The second-order valence-electron chi connectivity index (χ2n) is 3.93. The number of ketones is 1. The SMILES string of the molecule is O=C1Cc2ccccc2Sc2c(F)cccc21. The zero-order valence-electron chi connectivity index (χ0n) is 8.94. The first-order valence-corrected chi connectivity index (χ1v) is 6.15. The summed E-state index contributed by atoms with van der Waals surface area (Å²) in [4.78, 5) is 13.4. The van der Waals surface area contributed by atoms with Gasteiger partial charge in [-0.15, -0.1) is 0 Å². The van der Waals surface area contributed by atoms with Gasteiger partial charge in [-0.05, 0) is 17.7 Å². The first-order chi connectivity index (χ1) is 8.25. The molecule has 17 heavy (non-hydrogen) atoms. The molecule has 0 N–H and O–H groups in total. The number of hydrogen-bond donors (Lipinski definition) is 0. The lowest BCUT2D eigenvalue weighted by atomic mass is 10.0. The highest BCUT2D eigenvalue weighted by atomic mass is 32.2. The van der Waals surface area contributed by atoms with Crippen LogP contribution >= 0.6 is 11.8 Å². The second kappa shape index (κ2) is 4.00. The molecule has 0 amide bonds. The van der Waals surface area contributed by atoms with Crippen LogP contribution in [0, 0.1) is 5.82 Å². The van der Waals surface area contributed by atoms with Gasteiger partial charge in [-0.2, -0.15) is 0 Å². The number of rotatable bonds is 0. The zero-order chi connectivity index (χ0) is 11.8. The van der Waals surface area contributed by atoms with Gasteiger partial charge in [0.1, 0.15) is 5.82 Å². The standard InChI is InChI=1S/C14H9FOS/c15-11-6-3-5-10-12(16)8-9-4-1-2-7-13(9)17-14(10)11/h1-7H,8H2. The van der Waals surface area contributed by atoms with Crippen LogP contribution < -0.4 is 0 Å². The first-order valence-electron chi connectivity index (χ1n) is 5.33. The van der Waals surface area contributed by atoms with Crippen molar-refractivity contribution in [2.75, 3.05) is 0 Å². The van der Waals surface area contributed by atoms with Crippen molar-refractivity contribution in [3.05, 3.63) is 59.4 Å². The summed E-state index contributed by atoms with van der Waals surface area (Å²) in [6.07, 6.45) is 0.347. The summed E-state index contributed by atoms with van der Waals surface area (Å²) in [5, 5.41) is 0. The number of fused-ring (bicyclic) bond motifs is 2. The van der Waals surface area contributed by atoms with Crippen LogP contribution in [0.3, 0.4) is 0 Å². The fourth-order valence-electron chi connectivity index (χ4n) is 1.96. The molecule has 0 atom stereocenters. The Morgan fingerprint density at radius 2 is 1.88 bits per heavy atom. The van der Waals surface area contributed by atoms with Gasteiger partial charge in [0.25, 0.3) is 0 Å². The molecule has 84 valence electrons. The van der Waals surface area contributed by atoms with Crippen LogP contribution in [-0.4, -0.2) is 5.78 Å². The fraction of sp³-hybridized carbons (Fsp3) is 0.0714. The minimum absolute atomic E-state index is 0.0167. The molecule has 0 bridgehead atoms. The molecule has 3 rings (SSSR count). The molecule has 0 unspecified atom stereocenters. The lowest BCUT2D eigenvalue weighted by Crippen LogP contribution is -2.03. The van der Waals surface area contributed by atoms with Gasteiger partial charge in [-0.25, -0.2) is 4.39 Å². The quantitative estimate of drug-likeness (QED) is 0.702. The lowest BCUT2D eigenvalue weighted by Gasteiger charge is -2.05. The molecule has 1 aliphatic heterocycles. The van der Waals surface area contributed by atoms with Crippen LogP contribution in [0.15, 0.2) is 52.3 Å². The van der Waals surface area contributed by atoms with E-state index in [1.807, 2.05) is 24.3 Å². The number of benzene rings is 2. The molecular formula is C14H9FOS. The largest absolute Gasteiger partial charge is 0.294 e. The minimum atomic E-state index is -0.322. The van der Waals surface area contributed by atoms with E-state index in [4.69, 9.17) is 0 Å². The maximum atomic E-state index is 13.7. The zero-order valence-corrected chi connectivity index (χ0v) is 9.76. The first kappa shape index (κ1) is 10.5. The van der Waals surface area contributed by atoms with E-state index >= 15 is 0 Å². The Bertz CT molecular complexity index is 607. The van der Waals surface area contributed by atoms with Crippen molar-refractivity contribution in [2.45, 2.75) is 16.2 Å². The van der Waals surface area contributed by atoms with Crippen LogP contribution in [0.1, 0.15) is 15.9 Å². The normalized spacial score (nSPS) is 13.8. The van der Waals surface area contributed by atoms with Crippen molar-refractivity contribution in [2.24, 2.45) is 0 Å². The Hall–Kier alpha value is -1.61. The molecule has 0 saturated heterocycles. The van der Waals surface area contributed by atoms with Crippen LogP contribution in [-0.2, 0) is 6.42 Å². The summed E-state index contributed by atoms with van der Waals surface area (Å²) in [6.45, 7) is 0. The number of halogens is 1. The van der Waals surface area contributed by atoms with Crippen molar-refractivity contribution < 1.29 is 9.18 Å². The van der Waals surface area contributed by atoms with Gasteiger partial charge in [-0.1, -0.05) is 42.1 Å². The Labute approximate surface area is 103 Å². The van der Waals surface area contributed by atoms with Crippen LogP contribution in [0.4, 0.5) is 4.39 Å². The van der Waals surface area contributed by atoms with Crippen molar-refractivity contribution in [1.82, 2.24) is 0 Å². The summed E-state index contributed by atoms with van der Waals surface area (Å²) in [7, 11) is 0. The summed E-state index contributed by atoms with van der Waals surface area (Å²) in [6, 6.07) is 12.3. The summed E-state index contributed by atoms with van der Waals surface area (Å²) in [5.41, 5.74) is 1.46. The van der Waals surface area contributed by atoms with Crippen LogP contribution in [0.25, 0.3) is 0 Å². The Morgan fingerprint density at radius 3 is 2.76 bits per heavy atom. The van der Waals surface area contributed by atoms with Crippen LogP contribution in [0.2, 0.25) is 0 Å². The van der Waals surface area contributed by atoms with E-state index in [0.717, 1.165) is 10.5 Å². The smallest absolute Gasteiger partial charge is 0.168 e. The van der Waals surface area contributed by atoms with Crippen molar-refractivity contribution >= 4 is 17.5 Å². The molecule has 0 saturated carbocycles. The van der Waals surface area contributed by atoms with Gasteiger partial charge in [-0.3, -0.25) is 4.79 Å². The molecule has 1 aliphatic rings.